The molecule has 15 heteroatoms. The number of carbonyl (C=O) groups excluding carboxylic acids is 1. The van der Waals surface area contributed by atoms with Gasteiger partial charge in [0.25, 0.3) is 0 Å². The number of aliphatic hydroxyl groups excluding tert-OH is 1. The van der Waals surface area contributed by atoms with Gasteiger partial charge in [0, 0.05) is 163 Å². The average molecular weight is 1650 g/mol. The Kier molecular flexibility index (Phi) is 28.2. The number of nitrogens with two attached hydrogens (primary N) is 1. The van der Waals surface area contributed by atoms with Crippen LogP contribution in [0, 0.1) is 41.5 Å². The number of aromatic nitrogens is 3. The van der Waals surface area contributed by atoms with Gasteiger partial charge in [-0.2, -0.15) is 5.10 Å². The molecule has 14 nitrogen and oxygen atoms in total. The Balaban J connectivity index is 0.000000128. The lowest BCUT2D eigenvalue weighted by atomic mass is 10.0. The third-order valence-electron chi connectivity index (χ3n) is 20.6. The number of aliphatic hydroxyl groups is 1. The maximum absolute atomic E-state index is 11.4. The van der Waals surface area contributed by atoms with Gasteiger partial charge in [-0.15, -0.1) is 11.3 Å². The van der Waals surface area contributed by atoms with E-state index in [9.17, 15) is 9.90 Å². The smallest absolute Gasteiger partial charge is 0.248 e. The highest BCUT2D eigenvalue weighted by Gasteiger charge is 2.21. The zero-order valence-electron chi connectivity index (χ0n) is 70.9. The summed E-state index contributed by atoms with van der Waals surface area (Å²) in [6.45, 7) is 37.1. The van der Waals surface area contributed by atoms with E-state index in [1.54, 1.807) is 60.5 Å². The number of para-hydroxylation sites is 1. The summed E-state index contributed by atoms with van der Waals surface area (Å²) >= 11 is 1.78. The van der Waals surface area contributed by atoms with Crippen molar-refractivity contribution in [2.45, 2.75) is 48.1 Å². The average Bonchev–Trinajstić information content (AvgIpc) is 1.01. The summed E-state index contributed by atoms with van der Waals surface area (Å²) in [4.78, 5) is 29.4. The van der Waals surface area contributed by atoms with Gasteiger partial charge in [0.05, 0.1) is 30.5 Å². The number of carbonyl (C=O) groups is 1. The number of phenolic OH excluding ortho intramolecular Hbond substituents is 1. The summed E-state index contributed by atoms with van der Waals surface area (Å²) in [5.41, 5.74) is 37.9. The van der Waals surface area contributed by atoms with Crippen molar-refractivity contribution in [2.24, 2.45) is 12.8 Å². The van der Waals surface area contributed by atoms with Crippen LogP contribution >= 0.6 is 11.3 Å². The number of thiophene rings is 1. The first-order valence-electron chi connectivity index (χ1n) is 40.5. The SMILES string of the molecule is C=C1C=CC(c2cc(C)cs2)=CN1c1cccc(C)c1.C=C1C=CC(c2ccc(CO)nc2)=CN1c1cccc(C)c1.C=C1C=CC(c2cccc(C(N)=O)c2)=CN1c1cccc(C)c1.C=C1C=CC(c2cccc(O)c2)=CN1c1cccc(C)c1.C=C1C=CC(c2ccnn2C)=CN1c1ccccc1.C=C1C=CC(c2ccoc2)=CN1c1cccc(C)c1. The highest BCUT2D eigenvalue weighted by molar-refractivity contribution is 7.11. The van der Waals surface area contributed by atoms with Gasteiger partial charge in [0.2, 0.25) is 5.91 Å². The lowest BCUT2D eigenvalue weighted by molar-refractivity contribution is 0.1000. The van der Waals surface area contributed by atoms with Crippen LogP contribution < -0.4 is 35.1 Å². The molecule has 0 aliphatic carbocycles. The Labute approximate surface area is 732 Å². The lowest BCUT2D eigenvalue weighted by Gasteiger charge is -2.26. The third-order valence-corrected chi connectivity index (χ3v) is 21.7. The molecule has 0 radical (unpaired) electrons. The maximum Gasteiger partial charge on any atom is 0.248 e. The fourth-order valence-electron chi connectivity index (χ4n) is 14.0. The molecular weight excluding hydrogens is 1550 g/mol. The lowest BCUT2D eigenvalue weighted by Crippen LogP contribution is -2.16. The molecule has 10 heterocycles. The number of allylic oxidation sites excluding steroid dienone is 18. The summed E-state index contributed by atoms with van der Waals surface area (Å²) in [6.07, 6.45) is 43.9. The predicted octanol–water partition coefficient (Wildman–Crippen LogP) is 25.6. The number of anilines is 6. The number of pyridine rings is 1. The Hall–Kier alpha value is -15.6. The van der Waals surface area contributed by atoms with E-state index in [-0.39, 0.29) is 12.4 Å². The van der Waals surface area contributed by atoms with Crippen LogP contribution in [-0.2, 0) is 13.7 Å². The second-order valence-electron chi connectivity index (χ2n) is 30.2. The van der Waals surface area contributed by atoms with Crippen molar-refractivity contribution < 1.29 is 19.4 Å². The van der Waals surface area contributed by atoms with E-state index in [2.05, 4.69) is 285 Å². The van der Waals surface area contributed by atoms with Crippen molar-refractivity contribution in [1.82, 2.24) is 14.8 Å². The number of aryl methyl sites for hydroxylation is 7. The van der Waals surface area contributed by atoms with Crippen LogP contribution in [0.3, 0.4) is 0 Å². The summed E-state index contributed by atoms with van der Waals surface area (Å²) in [5.74, 6) is -0.152. The van der Waals surface area contributed by atoms with Crippen LogP contribution in [0.5, 0.6) is 5.75 Å². The van der Waals surface area contributed by atoms with E-state index in [4.69, 9.17) is 15.3 Å². The van der Waals surface area contributed by atoms with Crippen LogP contribution in [0.4, 0.5) is 34.1 Å². The first-order valence-corrected chi connectivity index (χ1v) is 41.3. The maximum atomic E-state index is 11.4. The molecule has 0 spiro atoms. The molecule has 0 unspecified atom stereocenters. The minimum atomic E-state index is -0.424. The van der Waals surface area contributed by atoms with Gasteiger partial charge in [-0.05, 0) is 272 Å². The van der Waals surface area contributed by atoms with Crippen LogP contribution in [0.15, 0.2) is 449 Å². The molecule has 6 aliphatic rings. The van der Waals surface area contributed by atoms with Gasteiger partial charge in [0.1, 0.15) is 5.75 Å². The number of phenols is 1. The van der Waals surface area contributed by atoms with Gasteiger partial charge >= 0.3 is 0 Å². The van der Waals surface area contributed by atoms with Crippen LogP contribution in [-0.4, -0.2) is 30.9 Å². The molecular formula is C109H100N10O4S. The van der Waals surface area contributed by atoms with Crippen molar-refractivity contribution in [3.63, 3.8) is 0 Å². The van der Waals surface area contributed by atoms with Crippen molar-refractivity contribution in [1.29, 1.82) is 0 Å². The molecule has 4 aromatic heterocycles. The molecule has 12 aromatic rings. The molecule has 0 bridgehead atoms. The summed E-state index contributed by atoms with van der Waals surface area (Å²) in [6, 6.07) is 76.5. The zero-order valence-corrected chi connectivity index (χ0v) is 71.7. The highest BCUT2D eigenvalue weighted by atomic mass is 32.1. The van der Waals surface area contributed by atoms with E-state index in [0.29, 0.717) is 11.3 Å². The van der Waals surface area contributed by atoms with Gasteiger partial charge in [-0.1, -0.05) is 179 Å². The Morgan fingerprint density at radius 2 is 0.774 bits per heavy atom. The number of hydrogen-bond acceptors (Lipinski definition) is 13. The minimum absolute atomic E-state index is 0.0403. The topological polar surface area (TPSA) is 147 Å². The summed E-state index contributed by atoms with van der Waals surface area (Å²) < 4.78 is 7.01. The Bertz CT molecular complexity index is 6400. The van der Waals surface area contributed by atoms with E-state index < -0.39 is 5.91 Å². The molecule has 616 valence electrons. The van der Waals surface area contributed by atoms with Crippen molar-refractivity contribution >= 4 is 84.8 Å². The third kappa shape index (κ3) is 22.3. The molecule has 0 atom stereocenters. The van der Waals surface area contributed by atoms with Crippen molar-refractivity contribution in [3.8, 4) is 5.75 Å². The first-order chi connectivity index (χ1) is 60.0. The fourth-order valence-corrected chi connectivity index (χ4v) is 14.9. The normalized spacial score (nSPS) is 14.4. The molecule has 4 N–H and O–H groups in total. The van der Waals surface area contributed by atoms with Gasteiger partial charge in [-0.25, -0.2) is 0 Å². The molecule has 6 aliphatic heterocycles. The van der Waals surface area contributed by atoms with E-state index in [0.717, 1.165) is 124 Å². The Morgan fingerprint density at radius 3 is 1.15 bits per heavy atom. The minimum Gasteiger partial charge on any atom is -0.508 e. The van der Waals surface area contributed by atoms with Gasteiger partial charge < -0.3 is 49.8 Å². The molecule has 0 saturated carbocycles. The van der Waals surface area contributed by atoms with Gasteiger partial charge in [-0.3, -0.25) is 14.5 Å². The van der Waals surface area contributed by atoms with E-state index in [1.165, 1.54) is 43.8 Å². The molecule has 0 saturated heterocycles. The second-order valence-corrected chi connectivity index (χ2v) is 31.1. The first kappa shape index (κ1) is 86.3. The predicted molar refractivity (Wildman–Crippen MR) is 519 cm³/mol. The monoisotopic (exact) mass is 1640 g/mol. The van der Waals surface area contributed by atoms with Crippen LogP contribution in [0.25, 0.3) is 33.4 Å². The summed E-state index contributed by atoms with van der Waals surface area (Å²) in [5, 5.41) is 25.1. The van der Waals surface area contributed by atoms with Crippen molar-refractivity contribution in [3.05, 3.63) is 522 Å². The van der Waals surface area contributed by atoms with Crippen molar-refractivity contribution in [2.75, 3.05) is 29.4 Å². The highest BCUT2D eigenvalue weighted by Crippen LogP contribution is 2.37. The number of hydrogen-bond donors (Lipinski definition) is 3. The molecule has 124 heavy (non-hydrogen) atoms. The number of rotatable bonds is 14. The largest absolute Gasteiger partial charge is 0.508 e. The fraction of sp³-hybridized carbons (Fsp3) is 0.0734. The van der Waals surface area contributed by atoms with E-state index >= 15 is 0 Å². The molecule has 18 rings (SSSR count). The number of nitrogens with zero attached hydrogens (tertiary/aromatic N) is 9. The number of amides is 1. The zero-order chi connectivity index (χ0) is 87.3. The second kappa shape index (κ2) is 40.5. The molecule has 8 aromatic carbocycles. The number of benzene rings is 8. The standard InChI is InChI=1S/C20H18N2O.C19H18N2O.C19H17NO.C18H17NS.C17H15NO.C16H15N3/c1-14-5-3-8-19(11-14)22-13-18(10-9-15(22)2)16-6-4-7-17(12-16)20(21)23;1-14-4-3-5-19(10-14)21-12-17(7-6-15(21)2)16-8-9-18(13-22)20-11-16;1-14-5-3-7-18(11-14)20-13-17(10-9-15(20)2)16-6-4-8-19(21)12-16;1-13-5-4-6-17(9-13)19-11-16(8-7-15(19)3)18-10-14(2)12-20-18;1-13-4-3-5-17(10-13)18-11-15(7-6-14(18)2)16-8-9-19-12-16;1-13-8-9-14(16-10-11-17-18(16)2)12-19(13)15-6-4-3-5-7-15/h3-13H,2H2,1H3,(H2,21,23);3-12,22H,2,13H2,1H3;3-13,21H,2H2,1H3;4-12H,3H2,1-2H3;3-12H,2H2,1H3;3-12H,1H2,2H3. The van der Waals surface area contributed by atoms with Crippen LogP contribution in [0.1, 0.15) is 82.3 Å². The van der Waals surface area contributed by atoms with Crippen LogP contribution in [0.2, 0.25) is 0 Å². The van der Waals surface area contributed by atoms with E-state index in [1.807, 2.05) is 169 Å². The van der Waals surface area contributed by atoms with Gasteiger partial charge in [0.15, 0.2) is 0 Å². The number of primary amides is 1. The quantitative estimate of drug-likeness (QED) is 0.0952. The number of furan rings is 1. The molecule has 0 fully saturated rings. The molecule has 1 amide bonds. The number of aromatic hydroxyl groups is 1. The Morgan fingerprint density at radius 1 is 0.387 bits per heavy atom. The summed E-state index contributed by atoms with van der Waals surface area (Å²) in [7, 11) is 1.94.